The summed E-state index contributed by atoms with van der Waals surface area (Å²) in [6.45, 7) is 1.84. The first kappa shape index (κ1) is 13.4. The minimum Gasteiger partial charge on any atom is -0.462 e. The van der Waals surface area contributed by atoms with Crippen LogP contribution in [0, 0.1) is 5.92 Å². The van der Waals surface area contributed by atoms with Crippen molar-refractivity contribution in [3.63, 3.8) is 0 Å². The van der Waals surface area contributed by atoms with Gasteiger partial charge < -0.3 is 15.0 Å². The van der Waals surface area contributed by atoms with Gasteiger partial charge in [-0.3, -0.25) is 9.59 Å². The predicted molar refractivity (Wildman–Crippen MR) is 52.9 cm³/mol. The number of methoxy groups -OCH3 is 1. The number of amides is 2. The Bertz CT molecular complexity index is 265. The van der Waals surface area contributed by atoms with E-state index < -0.39 is 11.9 Å². The van der Waals surface area contributed by atoms with Gasteiger partial charge in [-0.15, -0.1) is 0 Å². The lowest BCUT2D eigenvalue weighted by Gasteiger charge is -2.19. The van der Waals surface area contributed by atoms with E-state index in [0.717, 1.165) is 12.0 Å². The molecule has 0 fully saturated rings. The summed E-state index contributed by atoms with van der Waals surface area (Å²) in [5, 5.41) is 2.46. The topological polar surface area (TPSA) is 75.7 Å². The van der Waals surface area contributed by atoms with E-state index in [9.17, 15) is 14.4 Å². The maximum absolute atomic E-state index is 11.2. The fourth-order valence-corrected chi connectivity index (χ4v) is 1.07. The molecule has 2 amide bonds. The van der Waals surface area contributed by atoms with E-state index >= 15 is 0 Å². The molecule has 1 unspecified atom stereocenters. The van der Waals surface area contributed by atoms with Crippen LogP contribution in [0.3, 0.4) is 0 Å². The lowest BCUT2D eigenvalue weighted by molar-refractivity contribution is -0.157. The largest absolute Gasteiger partial charge is 0.462 e. The summed E-state index contributed by atoms with van der Waals surface area (Å²) in [5.41, 5.74) is 0. The highest BCUT2D eigenvalue weighted by Gasteiger charge is 2.22. The van der Waals surface area contributed by atoms with Gasteiger partial charge in [0, 0.05) is 20.6 Å². The van der Waals surface area contributed by atoms with Crippen LogP contribution in [0.4, 0.5) is 0 Å². The first-order valence-corrected chi connectivity index (χ1v) is 4.49. The molecule has 0 heterocycles. The first-order valence-electron chi connectivity index (χ1n) is 4.49. The van der Waals surface area contributed by atoms with Crippen LogP contribution >= 0.6 is 0 Å². The van der Waals surface area contributed by atoms with Crippen LogP contribution in [0.25, 0.3) is 0 Å². The van der Waals surface area contributed by atoms with Gasteiger partial charge >= 0.3 is 11.9 Å². The van der Waals surface area contributed by atoms with Crippen molar-refractivity contribution in [2.75, 3.05) is 27.7 Å². The van der Waals surface area contributed by atoms with E-state index in [0.29, 0.717) is 0 Å². The minimum atomic E-state index is -0.929. The average Bonchev–Trinajstić information content (AvgIpc) is 2.25. The Labute approximate surface area is 88.6 Å². The lowest BCUT2D eigenvalue weighted by Crippen LogP contribution is -2.40. The number of carbonyl (C=O) groups is 3. The number of carbonyl (C=O) groups excluding carboxylic acids is 3. The molecule has 0 aromatic heterocycles. The summed E-state index contributed by atoms with van der Waals surface area (Å²) in [5.74, 6) is -2.23. The molecule has 15 heavy (non-hydrogen) atoms. The molecule has 0 rings (SSSR count). The molecule has 0 aromatic carbocycles. The summed E-state index contributed by atoms with van der Waals surface area (Å²) in [6.07, 6.45) is 0. The molecule has 0 aliphatic rings. The molecule has 6 nitrogen and oxygen atoms in total. The van der Waals surface area contributed by atoms with Crippen molar-refractivity contribution in [1.29, 1.82) is 0 Å². The fraction of sp³-hybridized carbons (Fsp3) is 0.667. The number of ether oxygens (including phenoxy) is 1. The maximum atomic E-state index is 11.2. The van der Waals surface area contributed by atoms with Gasteiger partial charge in [-0.1, -0.05) is 6.92 Å². The molecule has 1 atom stereocenters. The Kier molecular flexibility index (Phi) is 5.36. The Balaban J connectivity index is 4.24. The van der Waals surface area contributed by atoms with Gasteiger partial charge in [-0.2, -0.15) is 0 Å². The second kappa shape index (κ2) is 6.00. The molecule has 0 saturated heterocycles. The van der Waals surface area contributed by atoms with Crippen LogP contribution in [0.1, 0.15) is 6.92 Å². The fourth-order valence-electron chi connectivity index (χ4n) is 1.07. The minimum absolute atomic E-state index is 0.174. The zero-order chi connectivity index (χ0) is 12.0. The summed E-state index contributed by atoms with van der Waals surface area (Å²) < 4.78 is 4.27. The van der Waals surface area contributed by atoms with E-state index in [4.69, 9.17) is 0 Å². The number of hydrogen-bond acceptors (Lipinski definition) is 4. The summed E-state index contributed by atoms with van der Waals surface area (Å²) in [6, 6.07) is 0. The molecule has 86 valence electrons. The van der Waals surface area contributed by atoms with Crippen LogP contribution in [-0.2, 0) is 19.1 Å². The first-order chi connectivity index (χ1) is 6.93. The Hall–Kier alpha value is -1.59. The zero-order valence-electron chi connectivity index (χ0n) is 9.36. The molecule has 0 spiro atoms. The highest BCUT2D eigenvalue weighted by Crippen LogP contribution is 1.99. The molecule has 1 N–H and O–H groups in total. The van der Waals surface area contributed by atoms with Crippen molar-refractivity contribution in [1.82, 2.24) is 10.2 Å². The third-order valence-corrected chi connectivity index (χ3v) is 1.95. The van der Waals surface area contributed by atoms with Crippen LogP contribution in [0.15, 0.2) is 0 Å². The number of esters is 1. The van der Waals surface area contributed by atoms with Gasteiger partial charge in [0.15, 0.2) is 0 Å². The smallest absolute Gasteiger partial charge is 0.396 e. The van der Waals surface area contributed by atoms with Crippen molar-refractivity contribution in [2.45, 2.75) is 6.92 Å². The van der Waals surface area contributed by atoms with Crippen molar-refractivity contribution in [2.24, 2.45) is 5.92 Å². The van der Waals surface area contributed by atoms with Gasteiger partial charge in [0.2, 0.25) is 5.91 Å². The summed E-state index contributed by atoms with van der Waals surface area (Å²) in [4.78, 5) is 34.4. The van der Waals surface area contributed by atoms with E-state index in [1.807, 2.05) is 0 Å². The molecule has 0 aliphatic carbocycles. The van der Waals surface area contributed by atoms with Crippen molar-refractivity contribution in [3.8, 4) is 0 Å². The van der Waals surface area contributed by atoms with Crippen LogP contribution in [-0.4, -0.2) is 50.4 Å². The standard InChI is InChI=1S/C9H16N2O4/c1-6(7(12)10-2)5-11(3)8(13)9(14)15-4/h6H,5H2,1-4H3,(H,10,12). The molecule has 0 aliphatic heterocycles. The second-order valence-electron chi connectivity index (χ2n) is 3.19. The highest BCUT2D eigenvalue weighted by atomic mass is 16.5. The predicted octanol–water partition coefficient (Wildman–Crippen LogP) is -1.00. The molecule has 6 heteroatoms. The van der Waals surface area contributed by atoms with E-state index in [1.54, 1.807) is 6.92 Å². The number of likely N-dealkylation sites (N-methyl/N-ethyl adjacent to an activating group) is 1. The average molecular weight is 216 g/mol. The maximum Gasteiger partial charge on any atom is 0.396 e. The van der Waals surface area contributed by atoms with Gasteiger partial charge in [-0.05, 0) is 0 Å². The van der Waals surface area contributed by atoms with E-state index in [-0.39, 0.29) is 18.4 Å². The van der Waals surface area contributed by atoms with Gasteiger partial charge in [-0.25, -0.2) is 4.79 Å². The molecule has 0 saturated carbocycles. The molecule has 0 bridgehead atoms. The van der Waals surface area contributed by atoms with E-state index in [1.165, 1.54) is 14.1 Å². The molecular weight excluding hydrogens is 200 g/mol. The monoisotopic (exact) mass is 216 g/mol. The van der Waals surface area contributed by atoms with Crippen molar-refractivity contribution < 1.29 is 19.1 Å². The SMILES string of the molecule is CNC(=O)C(C)CN(C)C(=O)C(=O)OC. The van der Waals surface area contributed by atoms with E-state index in [2.05, 4.69) is 10.1 Å². The van der Waals surface area contributed by atoms with Crippen LogP contribution in [0.2, 0.25) is 0 Å². The zero-order valence-corrected chi connectivity index (χ0v) is 9.36. The van der Waals surface area contributed by atoms with Gasteiger partial charge in [0.25, 0.3) is 0 Å². The Morgan fingerprint density at radius 3 is 2.33 bits per heavy atom. The molecule has 0 radical (unpaired) electrons. The van der Waals surface area contributed by atoms with Crippen LogP contribution in [0.5, 0.6) is 0 Å². The normalized spacial score (nSPS) is 11.5. The molecular formula is C9H16N2O4. The van der Waals surface area contributed by atoms with Crippen molar-refractivity contribution in [3.05, 3.63) is 0 Å². The highest BCUT2D eigenvalue weighted by molar-refractivity contribution is 6.32. The number of nitrogens with one attached hydrogen (secondary N) is 1. The van der Waals surface area contributed by atoms with Crippen molar-refractivity contribution >= 4 is 17.8 Å². The third-order valence-electron chi connectivity index (χ3n) is 1.95. The summed E-state index contributed by atoms with van der Waals surface area (Å²) >= 11 is 0. The number of hydrogen-bond donors (Lipinski definition) is 1. The molecule has 0 aromatic rings. The Morgan fingerprint density at radius 1 is 1.40 bits per heavy atom. The lowest BCUT2D eigenvalue weighted by atomic mass is 10.1. The quantitative estimate of drug-likeness (QED) is 0.485. The third kappa shape index (κ3) is 3.97. The summed E-state index contributed by atoms with van der Waals surface area (Å²) in [7, 11) is 4.09. The number of rotatable bonds is 3. The second-order valence-corrected chi connectivity index (χ2v) is 3.19. The number of nitrogens with zero attached hydrogens (tertiary/aromatic N) is 1. The van der Waals surface area contributed by atoms with Gasteiger partial charge in [0.05, 0.1) is 13.0 Å². The van der Waals surface area contributed by atoms with Gasteiger partial charge in [0.1, 0.15) is 0 Å². The van der Waals surface area contributed by atoms with Crippen LogP contribution < -0.4 is 5.32 Å². The Morgan fingerprint density at radius 2 is 1.93 bits per heavy atom.